The van der Waals surface area contributed by atoms with Crippen LogP contribution in [0.5, 0.6) is 0 Å². The van der Waals surface area contributed by atoms with Crippen LogP contribution in [-0.4, -0.2) is 100 Å². The summed E-state index contributed by atoms with van der Waals surface area (Å²) in [6.45, 7) is 18.2. The Morgan fingerprint density at radius 1 is 1.00 bits per heavy atom. The van der Waals surface area contributed by atoms with Crippen molar-refractivity contribution in [3.05, 3.63) is 0 Å². The lowest BCUT2D eigenvalue weighted by Crippen LogP contribution is -2.57. The van der Waals surface area contributed by atoms with Gasteiger partial charge in [-0.1, -0.05) is 13.8 Å². The molecule has 2 saturated heterocycles. The van der Waals surface area contributed by atoms with E-state index < -0.39 is 0 Å². The number of morpholine rings is 2. The van der Waals surface area contributed by atoms with Crippen molar-refractivity contribution in [1.29, 1.82) is 0 Å². The molecule has 0 aromatic heterocycles. The minimum Gasteiger partial charge on any atom is -0.379 e. The third-order valence-electron chi connectivity index (χ3n) is 5.54. The molecule has 2 aliphatic heterocycles. The first-order valence-electron chi connectivity index (χ1n) is 10.0. The lowest BCUT2D eigenvalue weighted by atomic mass is 10.0. The second-order valence-corrected chi connectivity index (χ2v) is 8.18. The van der Waals surface area contributed by atoms with Crippen molar-refractivity contribution in [2.75, 3.05) is 72.7 Å². The van der Waals surface area contributed by atoms with Gasteiger partial charge in [0.2, 0.25) is 0 Å². The van der Waals surface area contributed by atoms with E-state index in [1.807, 2.05) is 7.05 Å². The highest BCUT2D eigenvalue weighted by Crippen LogP contribution is 2.15. The summed E-state index contributed by atoms with van der Waals surface area (Å²) in [7, 11) is 1.84. The fourth-order valence-corrected chi connectivity index (χ4v) is 3.70. The largest absolute Gasteiger partial charge is 0.379 e. The number of nitrogens with zero attached hydrogens (tertiary/aromatic N) is 3. The Hall–Kier alpha value is -0.160. The molecule has 1 atom stereocenters. The van der Waals surface area contributed by atoms with Crippen molar-refractivity contribution < 1.29 is 9.47 Å². The van der Waals surface area contributed by atoms with Crippen LogP contribution in [0.4, 0.5) is 0 Å². The molecule has 2 N–H and O–H groups in total. The maximum Gasteiger partial charge on any atom is 0.191 e. The molecule has 0 radical (unpaired) electrons. The minimum absolute atomic E-state index is 0. The predicted octanol–water partition coefficient (Wildman–Crippen LogP) is 1.24. The van der Waals surface area contributed by atoms with Crippen molar-refractivity contribution in [3.8, 4) is 0 Å². The van der Waals surface area contributed by atoms with Gasteiger partial charge in [0, 0.05) is 57.9 Å². The molecule has 0 spiro atoms. The molecule has 1 unspecified atom stereocenters. The molecule has 0 aromatic carbocycles. The third-order valence-corrected chi connectivity index (χ3v) is 5.54. The van der Waals surface area contributed by atoms with E-state index in [1.165, 1.54) is 0 Å². The van der Waals surface area contributed by atoms with Gasteiger partial charge >= 0.3 is 0 Å². The summed E-state index contributed by atoms with van der Waals surface area (Å²) in [6, 6.07) is 0.490. The highest BCUT2D eigenvalue weighted by Gasteiger charge is 2.29. The molecule has 8 heteroatoms. The molecule has 7 nitrogen and oxygen atoms in total. The Labute approximate surface area is 182 Å². The van der Waals surface area contributed by atoms with Gasteiger partial charge < -0.3 is 20.1 Å². The first-order chi connectivity index (χ1) is 12.4. The molecule has 2 rings (SSSR count). The van der Waals surface area contributed by atoms with E-state index in [2.05, 4.69) is 53.1 Å². The standard InChI is InChI=1S/C19H39N5O2.HI/c1-16(2)17(23-6-10-25-11-7-23)14-21-18(20-5)22-15-19(3,4)24-8-12-26-13-9-24;/h16-17H,6-15H2,1-5H3,(H2,20,21,22);1H. The Kier molecular flexibility index (Phi) is 11.4. The number of aliphatic imine (C=N–C) groups is 1. The molecule has 2 heterocycles. The summed E-state index contributed by atoms with van der Waals surface area (Å²) < 4.78 is 11.0. The number of hydrogen-bond donors (Lipinski definition) is 2. The van der Waals surface area contributed by atoms with Gasteiger partial charge in [-0.05, 0) is 19.8 Å². The van der Waals surface area contributed by atoms with Gasteiger partial charge in [0.25, 0.3) is 0 Å². The average Bonchev–Trinajstić information content (AvgIpc) is 2.65. The van der Waals surface area contributed by atoms with Crippen LogP contribution in [-0.2, 0) is 9.47 Å². The Morgan fingerprint density at radius 2 is 1.56 bits per heavy atom. The van der Waals surface area contributed by atoms with Crippen LogP contribution in [0.3, 0.4) is 0 Å². The molecule has 0 bridgehead atoms. The molecule has 0 saturated carbocycles. The van der Waals surface area contributed by atoms with Crippen molar-refractivity contribution in [2.24, 2.45) is 10.9 Å². The average molecular weight is 497 g/mol. The maximum atomic E-state index is 5.50. The zero-order valence-corrected chi connectivity index (χ0v) is 20.1. The number of nitrogens with one attached hydrogen (secondary N) is 2. The van der Waals surface area contributed by atoms with Crippen molar-refractivity contribution >= 4 is 29.9 Å². The highest BCUT2D eigenvalue weighted by atomic mass is 127. The second-order valence-electron chi connectivity index (χ2n) is 8.18. The van der Waals surface area contributed by atoms with Crippen LogP contribution in [0.2, 0.25) is 0 Å². The third kappa shape index (κ3) is 8.00. The molecule has 27 heavy (non-hydrogen) atoms. The lowest BCUT2D eigenvalue weighted by molar-refractivity contribution is -0.00839. The highest BCUT2D eigenvalue weighted by molar-refractivity contribution is 14.0. The lowest BCUT2D eigenvalue weighted by Gasteiger charge is -2.41. The maximum absolute atomic E-state index is 5.50. The summed E-state index contributed by atoms with van der Waals surface area (Å²) in [5, 5.41) is 7.05. The van der Waals surface area contributed by atoms with E-state index in [0.29, 0.717) is 12.0 Å². The number of hydrogen-bond acceptors (Lipinski definition) is 5. The topological polar surface area (TPSA) is 61.4 Å². The van der Waals surface area contributed by atoms with Gasteiger partial charge in [0.05, 0.1) is 26.4 Å². The molecule has 0 aromatic rings. The van der Waals surface area contributed by atoms with Crippen molar-refractivity contribution in [3.63, 3.8) is 0 Å². The molecular formula is C19H40IN5O2. The minimum atomic E-state index is 0. The molecular weight excluding hydrogens is 457 g/mol. The van der Waals surface area contributed by atoms with Crippen molar-refractivity contribution in [2.45, 2.75) is 39.3 Å². The van der Waals surface area contributed by atoms with Crippen LogP contribution < -0.4 is 10.6 Å². The van der Waals surface area contributed by atoms with Gasteiger partial charge in [-0.3, -0.25) is 14.8 Å². The second kappa shape index (κ2) is 12.4. The molecule has 2 aliphatic rings. The van der Waals surface area contributed by atoms with E-state index in [0.717, 1.165) is 71.7 Å². The summed E-state index contributed by atoms with van der Waals surface area (Å²) in [4.78, 5) is 9.44. The Bertz CT molecular complexity index is 436. The number of ether oxygens (including phenoxy) is 2. The van der Waals surface area contributed by atoms with E-state index in [-0.39, 0.29) is 29.5 Å². The van der Waals surface area contributed by atoms with Crippen LogP contribution in [0.25, 0.3) is 0 Å². The van der Waals surface area contributed by atoms with Gasteiger partial charge in [0.1, 0.15) is 0 Å². The van der Waals surface area contributed by atoms with Gasteiger partial charge in [-0.25, -0.2) is 0 Å². The van der Waals surface area contributed by atoms with E-state index in [1.54, 1.807) is 0 Å². The Balaban J connectivity index is 0.00000364. The first kappa shape index (κ1) is 24.9. The molecule has 0 aliphatic carbocycles. The quantitative estimate of drug-likeness (QED) is 0.314. The van der Waals surface area contributed by atoms with Gasteiger partial charge in [0.15, 0.2) is 5.96 Å². The van der Waals surface area contributed by atoms with E-state index in [9.17, 15) is 0 Å². The summed E-state index contributed by atoms with van der Waals surface area (Å²) in [5.74, 6) is 1.47. The van der Waals surface area contributed by atoms with Crippen LogP contribution in [0, 0.1) is 5.92 Å². The normalized spacial score (nSPS) is 21.6. The smallest absolute Gasteiger partial charge is 0.191 e. The van der Waals surface area contributed by atoms with E-state index in [4.69, 9.17) is 9.47 Å². The van der Waals surface area contributed by atoms with Crippen LogP contribution >= 0.6 is 24.0 Å². The van der Waals surface area contributed by atoms with E-state index >= 15 is 0 Å². The number of guanidine groups is 1. The monoisotopic (exact) mass is 497 g/mol. The van der Waals surface area contributed by atoms with Crippen LogP contribution in [0.15, 0.2) is 4.99 Å². The fraction of sp³-hybridized carbons (Fsp3) is 0.947. The molecule has 160 valence electrons. The first-order valence-corrected chi connectivity index (χ1v) is 10.0. The molecule has 0 amide bonds. The SMILES string of the molecule is CN=C(NCC(C(C)C)N1CCOCC1)NCC(C)(C)N1CCOCC1.I. The zero-order chi connectivity index (χ0) is 19.0. The number of rotatable bonds is 7. The summed E-state index contributed by atoms with van der Waals surface area (Å²) in [6.07, 6.45) is 0. The van der Waals surface area contributed by atoms with Crippen LogP contribution in [0.1, 0.15) is 27.7 Å². The van der Waals surface area contributed by atoms with Crippen molar-refractivity contribution in [1.82, 2.24) is 20.4 Å². The Morgan fingerprint density at radius 3 is 2.07 bits per heavy atom. The van der Waals surface area contributed by atoms with Gasteiger partial charge in [-0.2, -0.15) is 0 Å². The summed E-state index contributed by atoms with van der Waals surface area (Å²) in [5.41, 5.74) is 0.0725. The zero-order valence-electron chi connectivity index (χ0n) is 17.8. The molecule has 2 fully saturated rings. The summed E-state index contributed by atoms with van der Waals surface area (Å²) >= 11 is 0. The predicted molar refractivity (Wildman–Crippen MR) is 122 cm³/mol. The number of halogens is 1. The fourth-order valence-electron chi connectivity index (χ4n) is 3.70. The van der Waals surface area contributed by atoms with Gasteiger partial charge in [-0.15, -0.1) is 24.0 Å².